The molecule has 0 aliphatic heterocycles. The number of phosphoric acid groups is 1. The molecule has 56 valence electrons. The Labute approximate surface area is 54.5 Å². The van der Waals surface area contributed by atoms with Gasteiger partial charge in [-0.2, -0.15) is 5.21 Å². The lowest BCUT2D eigenvalue weighted by Gasteiger charge is -1.98. The maximum Gasteiger partial charge on any atom is 0.527 e. The highest BCUT2D eigenvalue weighted by molar-refractivity contribution is 7.46. The maximum absolute atomic E-state index is 10.0. The van der Waals surface area contributed by atoms with Crippen molar-refractivity contribution in [2.45, 2.75) is 0 Å². The number of nitrogens with zero attached hydrogens (tertiary/aromatic N) is 3. The van der Waals surface area contributed by atoms with E-state index in [0.717, 1.165) is 0 Å². The Morgan fingerprint density at radius 2 is 2.30 bits per heavy atom. The molecule has 0 amide bonds. The summed E-state index contributed by atoms with van der Waals surface area (Å²) in [7, 11) is -4.54. The first kappa shape index (κ1) is 7.13. The van der Waals surface area contributed by atoms with Gasteiger partial charge in [0.25, 0.3) is 0 Å². The Bertz CT molecular complexity index is 238. The van der Waals surface area contributed by atoms with E-state index >= 15 is 0 Å². The van der Waals surface area contributed by atoms with Crippen LogP contribution in [0.3, 0.4) is 0 Å². The van der Waals surface area contributed by atoms with E-state index < -0.39 is 13.8 Å². The third-order valence-corrected chi connectivity index (χ3v) is 0.928. The van der Waals surface area contributed by atoms with Crippen molar-refractivity contribution in [2.75, 3.05) is 0 Å². The van der Waals surface area contributed by atoms with E-state index in [1.807, 2.05) is 5.21 Å². The minimum atomic E-state index is -4.54. The topological polar surface area (TPSA) is 121 Å². The van der Waals surface area contributed by atoms with Gasteiger partial charge in [0.05, 0.1) is 0 Å². The molecule has 0 bridgehead atoms. The number of nitrogens with one attached hydrogen (secondary N) is 1. The van der Waals surface area contributed by atoms with Gasteiger partial charge in [-0.3, -0.25) is 9.79 Å². The van der Waals surface area contributed by atoms with E-state index in [0.29, 0.717) is 0 Å². The van der Waals surface area contributed by atoms with Crippen LogP contribution in [0.25, 0.3) is 0 Å². The zero-order valence-electron chi connectivity index (χ0n) is 4.50. The normalized spacial score (nSPS) is 11.4. The molecule has 8 nitrogen and oxygen atoms in total. The van der Waals surface area contributed by atoms with Gasteiger partial charge in [-0.05, 0) is 5.21 Å². The molecule has 9 heteroatoms. The molecular formula is CH3N4O4P. The number of rotatable bonds is 2. The Kier molecular flexibility index (Phi) is 1.66. The Morgan fingerprint density at radius 3 is 2.70 bits per heavy atom. The van der Waals surface area contributed by atoms with Crippen LogP contribution in [-0.2, 0) is 4.57 Å². The first-order chi connectivity index (χ1) is 4.58. The monoisotopic (exact) mass is 166 g/mol. The van der Waals surface area contributed by atoms with Gasteiger partial charge in [0.1, 0.15) is 0 Å². The van der Waals surface area contributed by atoms with Gasteiger partial charge >= 0.3 is 13.8 Å². The number of aromatic amines is 1. The molecule has 1 aromatic heterocycles. The SMILES string of the molecule is O=P(O)(O)Oc1nn[nH]n1. The molecule has 1 rings (SSSR count). The van der Waals surface area contributed by atoms with Crippen LogP contribution >= 0.6 is 7.82 Å². The van der Waals surface area contributed by atoms with Crippen LogP contribution in [0.1, 0.15) is 0 Å². The first-order valence-corrected chi connectivity index (χ1v) is 3.59. The average molecular weight is 166 g/mol. The minimum Gasteiger partial charge on any atom is -0.366 e. The molecule has 0 atom stereocenters. The summed E-state index contributed by atoms with van der Waals surface area (Å²) in [6, 6.07) is -0.478. The second kappa shape index (κ2) is 2.33. The number of tetrazole rings is 1. The van der Waals surface area contributed by atoms with Gasteiger partial charge in [0.2, 0.25) is 0 Å². The predicted octanol–water partition coefficient (Wildman–Crippen LogP) is -1.33. The molecule has 1 aromatic rings. The predicted molar refractivity (Wildman–Crippen MR) is 26.8 cm³/mol. The van der Waals surface area contributed by atoms with Crippen LogP contribution in [0.2, 0.25) is 0 Å². The molecule has 10 heavy (non-hydrogen) atoms. The molecule has 0 aromatic carbocycles. The molecular weight excluding hydrogens is 163 g/mol. The minimum absolute atomic E-state index is 0.478. The molecule has 1 heterocycles. The van der Waals surface area contributed by atoms with Gasteiger partial charge in [0, 0.05) is 0 Å². The fourth-order valence-corrected chi connectivity index (χ4v) is 0.588. The summed E-state index contributed by atoms with van der Waals surface area (Å²) in [5.74, 6) is 0. The zero-order chi connectivity index (χ0) is 7.61. The van der Waals surface area contributed by atoms with E-state index in [9.17, 15) is 4.57 Å². The number of hydrogen-bond acceptors (Lipinski definition) is 5. The summed E-state index contributed by atoms with van der Waals surface area (Å²) >= 11 is 0. The van der Waals surface area contributed by atoms with Crippen LogP contribution in [0.4, 0.5) is 0 Å². The Morgan fingerprint density at radius 1 is 1.60 bits per heavy atom. The first-order valence-electron chi connectivity index (χ1n) is 2.06. The molecule has 0 fully saturated rings. The van der Waals surface area contributed by atoms with Crippen molar-refractivity contribution in [1.82, 2.24) is 20.6 Å². The fourth-order valence-electron chi connectivity index (χ4n) is 0.298. The molecule has 0 radical (unpaired) electrons. The van der Waals surface area contributed by atoms with Crippen molar-refractivity contribution < 1.29 is 18.9 Å². The number of aromatic nitrogens is 4. The van der Waals surface area contributed by atoms with Crippen molar-refractivity contribution in [1.29, 1.82) is 0 Å². The lowest BCUT2D eigenvalue weighted by Crippen LogP contribution is -1.91. The van der Waals surface area contributed by atoms with Gasteiger partial charge in [-0.25, -0.2) is 4.57 Å². The van der Waals surface area contributed by atoms with Crippen molar-refractivity contribution in [3.63, 3.8) is 0 Å². The molecule has 0 saturated carbocycles. The molecule has 0 saturated heterocycles. The molecule has 0 aliphatic carbocycles. The van der Waals surface area contributed by atoms with Gasteiger partial charge in [-0.15, -0.1) is 0 Å². The van der Waals surface area contributed by atoms with Gasteiger partial charge in [-0.1, -0.05) is 10.2 Å². The summed E-state index contributed by atoms with van der Waals surface area (Å²) in [5, 5.41) is 11.2. The third-order valence-electron chi connectivity index (χ3n) is 0.526. The van der Waals surface area contributed by atoms with Crippen molar-refractivity contribution in [3.8, 4) is 6.01 Å². The highest BCUT2D eigenvalue weighted by Gasteiger charge is 2.18. The standard InChI is InChI=1S/CH3N4O4P/c6-10(7,8)9-1-2-4-5-3-1/h(H2,6,7,8)(H,2,3,4,5). The second-order valence-electron chi connectivity index (χ2n) is 1.28. The van der Waals surface area contributed by atoms with Crippen LogP contribution in [0.5, 0.6) is 6.01 Å². The zero-order valence-corrected chi connectivity index (χ0v) is 5.39. The molecule has 0 unspecified atom stereocenters. The second-order valence-corrected chi connectivity index (χ2v) is 2.44. The van der Waals surface area contributed by atoms with Crippen LogP contribution in [0.15, 0.2) is 0 Å². The summed E-state index contributed by atoms with van der Waals surface area (Å²) < 4.78 is 13.9. The number of H-pyrrole nitrogens is 1. The Hall–Kier alpha value is -0.980. The van der Waals surface area contributed by atoms with Crippen molar-refractivity contribution in [2.24, 2.45) is 0 Å². The maximum atomic E-state index is 10.0. The highest BCUT2D eigenvalue weighted by atomic mass is 31.2. The molecule has 0 aliphatic rings. The summed E-state index contributed by atoms with van der Waals surface area (Å²) in [4.78, 5) is 16.3. The van der Waals surface area contributed by atoms with Crippen molar-refractivity contribution in [3.05, 3.63) is 0 Å². The van der Waals surface area contributed by atoms with Crippen LogP contribution in [0, 0.1) is 0 Å². The highest BCUT2D eigenvalue weighted by Crippen LogP contribution is 2.34. The van der Waals surface area contributed by atoms with E-state index in [4.69, 9.17) is 9.79 Å². The number of phosphoric ester groups is 1. The smallest absolute Gasteiger partial charge is 0.366 e. The number of hydrogen-bond donors (Lipinski definition) is 3. The van der Waals surface area contributed by atoms with Gasteiger partial charge in [0.15, 0.2) is 0 Å². The molecule has 0 spiro atoms. The van der Waals surface area contributed by atoms with E-state index in [-0.39, 0.29) is 0 Å². The summed E-state index contributed by atoms with van der Waals surface area (Å²) in [5.41, 5.74) is 0. The van der Waals surface area contributed by atoms with Crippen LogP contribution in [-0.4, -0.2) is 30.4 Å². The third kappa shape index (κ3) is 2.09. The summed E-state index contributed by atoms with van der Waals surface area (Å²) in [6.45, 7) is 0. The van der Waals surface area contributed by atoms with Gasteiger partial charge < -0.3 is 4.52 Å². The lowest BCUT2D eigenvalue weighted by atomic mass is 11.3. The largest absolute Gasteiger partial charge is 0.527 e. The quantitative estimate of drug-likeness (QED) is 0.465. The van der Waals surface area contributed by atoms with Crippen molar-refractivity contribution >= 4 is 7.82 Å². The summed E-state index contributed by atoms with van der Waals surface area (Å²) in [6.07, 6.45) is 0. The van der Waals surface area contributed by atoms with E-state index in [1.54, 1.807) is 0 Å². The Balaban J connectivity index is 2.66. The van der Waals surface area contributed by atoms with Crippen LogP contribution < -0.4 is 4.52 Å². The fraction of sp³-hybridized carbons (Fsp3) is 0. The van der Waals surface area contributed by atoms with E-state index in [1.165, 1.54) is 0 Å². The average Bonchev–Trinajstić information content (AvgIpc) is 2.12. The van der Waals surface area contributed by atoms with E-state index in [2.05, 4.69) is 19.9 Å². The lowest BCUT2D eigenvalue weighted by molar-refractivity contribution is 0.275. The molecule has 3 N–H and O–H groups in total.